The van der Waals surface area contributed by atoms with Crippen molar-refractivity contribution >= 4 is 21.6 Å². The van der Waals surface area contributed by atoms with E-state index in [1.807, 2.05) is 0 Å². The standard InChI is InChI=1S/C15H10BrF2N3/c16-9-5-6-10(12(18)7-9)15-13(19)8-21(20-15)14-4-2-1-3-11(14)17/h1-8H,19H2. The predicted molar refractivity (Wildman–Crippen MR) is 81.0 cm³/mol. The second kappa shape index (κ2) is 5.29. The van der Waals surface area contributed by atoms with Crippen LogP contribution in [0.3, 0.4) is 0 Å². The summed E-state index contributed by atoms with van der Waals surface area (Å²) < 4.78 is 29.7. The zero-order chi connectivity index (χ0) is 15.0. The van der Waals surface area contributed by atoms with Crippen molar-refractivity contribution in [3.05, 3.63) is 64.8 Å². The highest BCUT2D eigenvalue weighted by molar-refractivity contribution is 9.10. The lowest BCUT2D eigenvalue weighted by atomic mass is 10.1. The second-order valence-electron chi connectivity index (χ2n) is 4.45. The molecule has 0 unspecified atom stereocenters. The van der Waals surface area contributed by atoms with E-state index in [-0.39, 0.29) is 22.6 Å². The third kappa shape index (κ3) is 2.54. The lowest BCUT2D eigenvalue weighted by Crippen LogP contribution is -1.98. The molecule has 3 nitrogen and oxygen atoms in total. The van der Waals surface area contributed by atoms with Gasteiger partial charge >= 0.3 is 0 Å². The summed E-state index contributed by atoms with van der Waals surface area (Å²) in [6.45, 7) is 0. The van der Waals surface area contributed by atoms with Gasteiger partial charge in [-0.05, 0) is 30.3 Å². The summed E-state index contributed by atoms with van der Waals surface area (Å²) in [4.78, 5) is 0. The number of halogens is 3. The zero-order valence-corrected chi connectivity index (χ0v) is 12.3. The van der Waals surface area contributed by atoms with Crippen LogP contribution in [-0.2, 0) is 0 Å². The fraction of sp³-hybridized carbons (Fsp3) is 0. The van der Waals surface area contributed by atoms with Gasteiger partial charge in [0.05, 0.1) is 11.9 Å². The van der Waals surface area contributed by atoms with Crippen molar-refractivity contribution in [2.75, 3.05) is 5.73 Å². The number of anilines is 1. The molecule has 0 bridgehead atoms. The van der Waals surface area contributed by atoms with Gasteiger partial charge in [-0.15, -0.1) is 0 Å². The Bertz CT molecular complexity index is 814. The summed E-state index contributed by atoms with van der Waals surface area (Å²) >= 11 is 3.19. The monoisotopic (exact) mass is 349 g/mol. The topological polar surface area (TPSA) is 43.8 Å². The largest absolute Gasteiger partial charge is 0.396 e. The number of hydrogen-bond donors (Lipinski definition) is 1. The molecule has 0 amide bonds. The molecule has 0 aliphatic carbocycles. The van der Waals surface area contributed by atoms with Crippen molar-refractivity contribution in [2.45, 2.75) is 0 Å². The van der Waals surface area contributed by atoms with Gasteiger partial charge in [0.25, 0.3) is 0 Å². The van der Waals surface area contributed by atoms with E-state index in [0.29, 0.717) is 4.47 Å². The number of benzene rings is 2. The molecule has 0 radical (unpaired) electrons. The molecule has 3 aromatic rings. The van der Waals surface area contributed by atoms with E-state index in [1.54, 1.807) is 30.3 Å². The molecule has 0 fully saturated rings. The van der Waals surface area contributed by atoms with Crippen LogP contribution in [0.25, 0.3) is 16.9 Å². The predicted octanol–water partition coefficient (Wildman–Crippen LogP) is 4.16. The van der Waals surface area contributed by atoms with E-state index in [0.717, 1.165) is 0 Å². The number of nitrogen functional groups attached to an aromatic ring is 1. The number of nitrogens with zero attached hydrogens (tertiary/aromatic N) is 2. The number of hydrogen-bond acceptors (Lipinski definition) is 2. The summed E-state index contributed by atoms with van der Waals surface area (Å²) in [5.74, 6) is -0.877. The summed E-state index contributed by atoms with van der Waals surface area (Å²) in [7, 11) is 0. The molecule has 0 saturated carbocycles. The van der Waals surface area contributed by atoms with Gasteiger partial charge in [0, 0.05) is 10.0 Å². The van der Waals surface area contributed by atoms with E-state index >= 15 is 0 Å². The molecule has 0 saturated heterocycles. The maximum atomic E-state index is 14.0. The molecule has 21 heavy (non-hydrogen) atoms. The highest BCUT2D eigenvalue weighted by atomic mass is 79.9. The van der Waals surface area contributed by atoms with Crippen molar-refractivity contribution in [3.8, 4) is 16.9 Å². The van der Waals surface area contributed by atoms with Gasteiger partial charge in [0.15, 0.2) is 0 Å². The number of nitrogens with two attached hydrogens (primary N) is 1. The Balaban J connectivity index is 2.12. The second-order valence-corrected chi connectivity index (χ2v) is 5.37. The Kier molecular flexibility index (Phi) is 3.47. The average molecular weight is 350 g/mol. The molecule has 0 aliphatic heterocycles. The third-order valence-electron chi connectivity index (χ3n) is 3.03. The van der Waals surface area contributed by atoms with Crippen LogP contribution in [-0.4, -0.2) is 9.78 Å². The first-order chi connectivity index (χ1) is 10.1. The maximum absolute atomic E-state index is 14.0. The molecule has 3 rings (SSSR count). The van der Waals surface area contributed by atoms with Crippen LogP contribution in [0, 0.1) is 11.6 Å². The quantitative estimate of drug-likeness (QED) is 0.754. The number of aromatic nitrogens is 2. The van der Waals surface area contributed by atoms with Gasteiger partial charge in [-0.3, -0.25) is 0 Å². The van der Waals surface area contributed by atoms with Crippen molar-refractivity contribution in [1.82, 2.24) is 9.78 Å². The van der Waals surface area contributed by atoms with Crippen LogP contribution in [0.5, 0.6) is 0 Å². The molecule has 106 valence electrons. The van der Waals surface area contributed by atoms with Crippen molar-refractivity contribution in [1.29, 1.82) is 0 Å². The third-order valence-corrected chi connectivity index (χ3v) is 3.52. The first-order valence-electron chi connectivity index (χ1n) is 6.12. The molecular weight excluding hydrogens is 340 g/mol. The van der Waals surface area contributed by atoms with E-state index in [1.165, 1.54) is 23.0 Å². The highest BCUT2D eigenvalue weighted by Gasteiger charge is 2.15. The van der Waals surface area contributed by atoms with Crippen LogP contribution >= 0.6 is 15.9 Å². The fourth-order valence-corrected chi connectivity index (χ4v) is 2.37. The average Bonchev–Trinajstić information content (AvgIpc) is 2.81. The number of para-hydroxylation sites is 1. The molecular formula is C15H10BrF2N3. The first kappa shape index (κ1) is 13.8. The molecule has 1 aromatic heterocycles. The van der Waals surface area contributed by atoms with Gasteiger partial charge in [-0.25, -0.2) is 13.5 Å². The summed E-state index contributed by atoms with van der Waals surface area (Å²) in [6.07, 6.45) is 1.47. The van der Waals surface area contributed by atoms with Crippen LogP contribution < -0.4 is 5.73 Å². The normalized spacial score (nSPS) is 10.8. The van der Waals surface area contributed by atoms with Crippen molar-refractivity contribution in [3.63, 3.8) is 0 Å². The maximum Gasteiger partial charge on any atom is 0.148 e. The van der Waals surface area contributed by atoms with E-state index in [9.17, 15) is 8.78 Å². The molecule has 1 heterocycles. The van der Waals surface area contributed by atoms with Gasteiger partial charge in [-0.2, -0.15) is 5.10 Å². The lowest BCUT2D eigenvalue weighted by Gasteiger charge is -2.03. The minimum Gasteiger partial charge on any atom is -0.396 e. The van der Waals surface area contributed by atoms with Crippen molar-refractivity contribution < 1.29 is 8.78 Å². The molecule has 2 N–H and O–H groups in total. The summed E-state index contributed by atoms with van der Waals surface area (Å²) in [5.41, 5.74) is 6.97. The van der Waals surface area contributed by atoms with Crippen LogP contribution in [0.2, 0.25) is 0 Å². The molecule has 0 atom stereocenters. The van der Waals surface area contributed by atoms with E-state index < -0.39 is 11.6 Å². The van der Waals surface area contributed by atoms with Crippen LogP contribution in [0.1, 0.15) is 0 Å². The Labute approximate surface area is 128 Å². The Hall–Kier alpha value is -2.21. The minimum atomic E-state index is -0.449. The lowest BCUT2D eigenvalue weighted by molar-refractivity contribution is 0.610. The van der Waals surface area contributed by atoms with E-state index in [2.05, 4.69) is 21.0 Å². The van der Waals surface area contributed by atoms with Crippen LogP contribution in [0.15, 0.2) is 53.1 Å². The van der Waals surface area contributed by atoms with Gasteiger partial charge in [0.1, 0.15) is 23.0 Å². The molecule has 0 spiro atoms. The highest BCUT2D eigenvalue weighted by Crippen LogP contribution is 2.29. The summed E-state index contributed by atoms with van der Waals surface area (Å²) in [5, 5.41) is 4.20. The number of rotatable bonds is 2. The summed E-state index contributed by atoms with van der Waals surface area (Å²) in [6, 6.07) is 10.8. The Morgan fingerprint density at radius 1 is 1.05 bits per heavy atom. The smallest absolute Gasteiger partial charge is 0.148 e. The zero-order valence-electron chi connectivity index (χ0n) is 10.7. The van der Waals surface area contributed by atoms with Crippen molar-refractivity contribution in [2.24, 2.45) is 0 Å². The van der Waals surface area contributed by atoms with Crippen LogP contribution in [0.4, 0.5) is 14.5 Å². The minimum absolute atomic E-state index is 0.257. The Morgan fingerprint density at radius 3 is 2.52 bits per heavy atom. The van der Waals surface area contributed by atoms with Gasteiger partial charge < -0.3 is 5.73 Å². The van der Waals surface area contributed by atoms with E-state index in [4.69, 9.17) is 5.73 Å². The van der Waals surface area contributed by atoms with Gasteiger partial charge in [-0.1, -0.05) is 28.1 Å². The molecule has 0 aliphatic rings. The van der Waals surface area contributed by atoms with Gasteiger partial charge in [0.2, 0.25) is 0 Å². The molecule has 6 heteroatoms. The fourth-order valence-electron chi connectivity index (χ4n) is 2.04. The SMILES string of the molecule is Nc1cn(-c2ccccc2F)nc1-c1ccc(Br)cc1F. The molecule has 2 aromatic carbocycles. The first-order valence-corrected chi connectivity index (χ1v) is 6.91. The Morgan fingerprint density at radius 2 is 1.81 bits per heavy atom.